The van der Waals surface area contributed by atoms with Crippen molar-refractivity contribution in [2.45, 2.75) is 19.4 Å². The highest BCUT2D eigenvalue weighted by atomic mass is 35.5. The Hall–Kier alpha value is -3.11. The minimum Gasteiger partial charge on any atom is -0.351 e. The van der Waals surface area contributed by atoms with Crippen LogP contribution in [0.15, 0.2) is 78.9 Å². The van der Waals surface area contributed by atoms with Gasteiger partial charge >= 0.3 is 0 Å². The lowest BCUT2D eigenvalue weighted by atomic mass is 10.0. The molecule has 1 unspecified atom stereocenters. The Bertz CT molecular complexity index is 972. The van der Waals surface area contributed by atoms with Gasteiger partial charge in [0, 0.05) is 13.0 Å². The van der Waals surface area contributed by atoms with E-state index in [2.05, 4.69) is 34.9 Å². The largest absolute Gasteiger partial charge is 0.351 e. The molecule has 5 heteroatoms. The van der Waals surface area contributed by atoms with Crippen LogP contribution >= 0.6 is 11.6 Å². The molecule has 1 atom stereocenters. The standard InChI is InChI=1S/C24H23ClN2O2/c1-17(18-11-13-20(14-12-18)19-7-3-2-4-8-19)27-23(28)15-16-26-24(29)21-9-5-6-10-22(21)25/h2-14,17H,15-16H2,1H3,(H,26,29)(H,27,28). The topological polar surface area (TPSA) is 58.2 Å². The Morgan fingerprint density at radius 3 is 2.17 bits per heavy atom. The summed E-state index contributed by atoms with van der Waals surface area (Å²) < 4.78 is 0. The lowest BCUT2D eigenvalue weighted by molar-refractivity contribution is -0.121. The number of hydrogen-bond donors (Lipinski definition) is 2. The summed E-state index contributed by atoms with van der Waals surface area (Å²) in [6.07, 6.45) is 0.197. The fraction of sp³-hybridized carbons (Fsp3) is 0.167. The first kappa shape index (κ1) is 20.6. The fourth-order valence-electron chi connectivity index (χ4n) is 3.02. The Labute approximate surface area is 175 Å². The molecule has 0 saturated heterocycles. The average Bonchev–Trinajstić information content (AvgIpc) is 2.74. The zero-order chi connectivity index (χ0) is 20.6. The summed E-state index contributed by atoms with van der Waals surface area (Å²) in [5.41, 5.74) is 3.72. The van der Waals surface area contributed by atoms with E-state index >= 15 is 0 Å². The highest BCUT2D eigenvalue weighted by Gasteiger charge is 2.12. The third-order valence-electron chi connectivity index (χ3n) is 4.65. The highest BCUT2D eigenvalue weighted by Crippen LogP contribution is 2.21. The van der Waals surface area contributed by atoms with Crippen molar-refractivity contribution in [3.63, 3.8) is 0 Å². The zero-order valence-corrected chi connectivity index (χ0v) is 16.9. The van der Waals surface area contributed by atoms with Gasteiger partial charge in [-0.25, -0.2) is 0 Å². The molecular weight excluding hydrogens is 384 g/mol. The molecule has 3 aromatic rings. The maximum atomic E-state index is 12.2. The summed E-state index contributed by atoms with van der Waals surface area (Å²) in [4.78, 5) is 24.3. The summed E-state index contributed by atoms with van der Waals surface area (Å²) in [6.45, 7) is 2.19. The normalized spacial score (nSPS) is 11.5. The van der Waals surface area contributed by atoms with Gasteiger partial charge in [0.1, 0.15) is 0 Å². The lowest BCUT2D eigenvalue weighted by Crippen LogP contribution is -2.32. The van der Waals surface area contributed by atoms with Gasteiger partial charge in [0.2, 0.25) is 5.91 Å². The molecule has 0 fully saturated rings. The summed E-state index contributed by atoms with van der Waals surface area (Å²) in [5, 5.41) is 6.08. The van der Waals surface area contributed by atoms with Gasteiger partial charge in [-0.15, -0.1) is 0 Å². The van der Waals surface area contributed by atoms with Crippen LogP contribution in [0.3, 0.4) is 0 Å². The number of nitrogens with one attached hydrogen (secondary N) is 2. The Morgan fingerprint density at radius 1 is 0.862 bits per heavy atom. The van der Waals surface area contributed by atoms with Gasteiger partial charge in [0.05, 0.1) is 16.6 Å². The van der Waals surface area contributed by atoms with Crippen LogP contribution in [-0.2, 0) is 4.79 Å². The second-order valence-corrected chi connectivity index (χ2v) is 7.17. The van der Waals surface area contributed by atoms with E-state index in [1.807, 2.05) is 37.3 Å². The van der Waals surface area contributed by atoms with E-state index in [-0.39, 0.29) is 30.8 Å². The zero-order valence-electron chi connectivity index (χ0n) is 16.2. The van der Waals surface area contributed by atoms with Crippen LogP contribution in [0.2, 0.25) is 5.02 Å². The summed E-state index contributed by atoms with van der Waals surface area (Å²) in [7, 11) is 0. The minimum atomic E-state index is -0.284. The van der Waals surface area contributed by atoms with E-state index in [4.69, 9.17) is 11.6 Å². The predicted octanol–water partition coefficient (Wildman–Crippen LogP) is 5.00. The Morgan fingerprint density at radius 2 is 1.48 bits per heavy atom. The fourth-order valence-corrected chi connectivity index (χ4v) is 3.24. The van der Waals surface area contributed by atoms with E-state index in [0.717, 1.165) is 16.7 Å². The van der Waals surface area contributed by atoms with Crippen molar-refractivity contribution < 1.29 is 9.59 Å². The SMILES string of the molecule is CC(NC(=O)CCNC(=O)c1ccccc1Cl)c1ccc(-c2ccccc2)cc1. The van der Waals surface area contributed by atoms with Crippen molar-refractivity contribution in [3.05, 3.63) is 95.0 Å². The van der Waals surface area contributed by atoms with Crippen molar-refractivity contribution >= 4 is 23.4 Å². The molecule has 3 rings (SSSR count). The number of hydrogen-bond acceptors (Lipinski definition) is 2. The number of carbonyl (C=O) groups is 2. The molecule has 148 valence electrons. The van der Waals surface area contributed by atoms with Crippen LogP contribution in [0.1, 0.15) is 35.3 Å². The second-order valence-electron chi connectivity index (χ2n) is 6.76. The van der Waals surface area contributed by atoms with Gasteiger partial charge < -0.3 is 10.6 Å². The summed E-state index contributed by atoms with van der Waals surface area (Å²) in [5.74, 6) is -0.406. The third kappa shape index (κ3) is 5.69. The van der Waals surface area contributed by atoms with Gasteiger partial charge in [-0.3, -0.25) is 9.59 Å². The molecule has 0 heterocycles. The monoisotopic (exact) mass is 406 g/mol. The molecule has 29 heavy (non-hydrogen) atoms. The quantitative estimate of drug-likeness (QED) is 0.579. The second kappa shape index (κ2) is 9.89. The molecule has 4 nitrogen and oxygen atoms in total. The van der Waals surface area contributed by atoms with Gasteiger partial charge in [-0.2, -0.15) is 0 Å². The number of rotatable bonds is 7. The molecule has 2 amide bonds. The van der Waals surface area contributed by atoms with Crippen LogP contribution in [-0.4, -0.2) is 18.4 Å². The lowest BCUT2D eigenvalue weighted by Gasteiger charge is -2.15. The van der Waals surface area contributed by atoms with E-state index in [9.17, 15) is 9.59 Å². The molecule has 2 N–H and O–H groups in total. The van der Waals surface area contributed by atoms with Crippen molar-refractivity contribution in [2.24, 2.45) is 0 Å². The van der Waals surface area contributed by atoms with Gasteiger partial charge in [-0.05, 0) is 35.7 Å². The number of amides is 2. The van der Waals surface area contributed by atoms with Crippen molar-refractivity contribution in [2.75, 3.05) is 6.54 Å². The van der Waals surface area contributed by atoms with Crippen molar-refractivity contribution in [3.8, 4) is 11.1 Å². The van der Waals surface area contributed by atoms with Crippen LogP contribution in [0.4, 0.5) is 0 Å². The number of benzene rings is 3. The molecule has 0 bridgehead atoms. The number of halogens is 1. The van der Waals surface area contributed by atoms with Gasteiger partial charge in [0.15, 0.2) is 0 Å². The van der Waals surface area contributed by atoms with E-state index in [1.54, 1.807) is 24.3 Å². The van der Waals surface area contributed by atoms with Crippen molar-refractivity contribution in [1.29, 1.82) is 0 Å². The van der Waals surface area contributed by atoms with Crippen LogP contribution in [0.5, 0.6) is 0 Å². The first-order valence-electron chi connectivity index (χ1n) is 9.52. The molecule has 0 aliphatic rings. The smallest absolute Gasteiger partial charge is 0.252 e. The van der Waals surface area contributed by atoms with E-state index in [0.29, 0.717) is 10.6 Å². The third-order valence-corrected chi connectivity index (χ3v) is 4.98. The average molecular weight is 407 g/mol. The van der Waals surface area contributed by atoms with E-state index < -0.39 is 0 Å². The molecule has 0 aromatic heterocycles. The van der Waals surface area contributed by atoms with Gasteiger partial charge in [-0.1, -0.05) is 78.3 Å². The maximum absolute atomic E-state index is 12.2. The Balaban J connectivity index is 1.48. The molecule has 0 aliphatic carbocycles. The predicted molar refractivity (Wildman–Crippen MR) is 117 cm³/mol. The molecule has 3 aromatic carbocycles. The molecular formula is C24H23ClN2O2. The van der Waals surface area contributed by atoms with Crippen LogP contribution in [0.25, 0.3) is 11.1 Å². The maximum Gasteiger partial charge on any atom is 0.252 e. The first-order valence-corrected chi connectivity index (χ1v) is 9.90. The number of carbonyl (C=O) groups excluding carboxylic acids is 2. The summed E-state index contributed by atoms with van der Waals surface area (Å²) in [6, 6.07) is 25.0. The summed E-state index contributed by atoms with van der Waals surface area (Å²) >= 11 is 6.01. The minimum absolute atomic E-state index is 0.119. The van der Waals surface area contributed by atoms with Gasteiger partial charge in [0.25, 0.3) is 5.91 Å². The van der Waals surface area contributed by atoms with Crippen LogP contribution < -0.4 is 10.6 Å². The molecule has 0 aliphatic heterocycles. The van der Waals surface area contributed by atoms with Crippen LogP contribution in [0, 0.1) is 0 Å². The molecule has 0 radical (unpaired) electrons. The van der Waals surface area contributed by atoms with Crippen molar-refractivity contribution in [1.82, 2.24) is 10.6 Å². The highest BCUT2D eigenvalue weighted by molar-refractivity contribution is 6.33. The first-order chi connectivity index (χ1) is 14.0. The molecule has 0 spiro atoms. The molecule has 0 saturated carbocycles. The van der Waals surface area contributed by atoms with E-state index in [1.165, 1.54) is 0 Å². The Kier molecular flexibility index (Phi) is 7.04.